The van der Waals surface area contributed by atoms with Crippen LogP contribution in [0.15, 0.2) is 55.0 Å². The summed E-state index contributed by atoms with van der Waals surface area (Å²) in [6.45, 7) is 5.87. The number of anilines is 1. The molecular weight excluding hydrogens is 395 g/mol. The predicted molar refractivity (Wildman–Crippen MR) is 117 cm³/mol. The van der Waals surface area contributed by atoms with Crippen LogP contribution in [0.2, 0.25) is 0 Å². The molecule has 31 heavy (non-hydrogen) atoms. The number of pyridine rings is 1. The number of methoxy groups -OCH3 is 1. The van der Waals surface area contributed by atoms with Crippen LogP contribution < -0.4 is 10.1 Å². The number of benzene rings is 1. The van der Waals surface area contributed by atoms with Gasteiger partial charge < -0.3 is 14.6 Å². The average Bonchev–Trinajstić information content (AvgIpc) is 3.20. The van der Waals surface area contributed by atoms with E-state index in [4.69, 9.17) is 4.74 Å². The third-order valence-corrected chi connectivity index (χ3v) is 4.98. The fourth-order valence-corrected chi connectivity index (χ4v) is 3.33. The summed E-state index contributed by atoms with van der Waals surface area (Å²) < 4.78 is 20.5. The monoisotopic (exact) mass is 418 g/mol. The number of aryl methyl sites for hydroxylation is 2. The summed E-state index contributed by atoms with van der Waals surface area (Å²) in [5, 5.41) is 12.0. The summed E-state index contributed by atoms with van der Waals surface area (Å²) in [7, 11) is 1.59. The minimum atomic E-state index is -0.256. The summed E-state index contributed by atoms with van der Waals surface area (Å²) in [5.74, 6) is 0.854. The van der Waals surface area contributed by atoms with Crippen LogP contribution in [0.25, 0.3) is 17.1 Å². The maximum Gasteiger partial charge on any atom is 0.238 e. The fraction of sp³-hybridized carbons (Fsp3) is 0.217. The normalized spacial score (nSPS) is 11.9. The zero-order valence-electron chi connectivity index (χ0n) is 17.8. The molecule has 4 aromatic rings. The van der Waals surface area contributed by atoms with Crippen LogP contribution in [0.3, 0.4) is 0 Å². The van der Waals surface area contributed by atoms with Crippen molar-refractivity contribution in [1.29, 1.82) is 0 Å². The Morgan fingerprint density at radius 2 is 1.84 bits per heavy atom. The van der Waals surface area contributed by atoms with Gasteiger partial charge in [-0.3, -0.25) is 0 Å². The van der Waals surface area contributed by atoms with Crippen molar-refractivity contribution in [2.24, 2.45) is 0 Å². The van der Waals surface area contributed by atoms with Gasteiger partial charge in [0.05, 0.1) is 30.9 Å². The predicted octanol–water partition coefficient (Wildman–Crippen LogP) is 4.66. The second-order valence-electron chi connectivity index (χ2n) is 7.33. The van der Waals surface area contributed by atoms with Crippen molar-refractivity contribution in [1.82, 2.24) is 24.7 Å². The van der Waals surface area contributed by atoms with E-state index >= 15 is 0 Å². The Labute approximate surface area is 180 Å². The van der Waals surface area contributed by atoms with Gasteiger partial charge in [-0.2, -0.15) is 0 Å². The molecule has 0 aliphatic carbocycles. The van der Waals surface area contributed by atoms with Crippen molar-refractivity contribution in [2.75, 3.05) is 12.4 Å². The Morgan fingerprint density at radius 1 is 1.06 bits per heavy atom. The molecular formula is C23H23FN6O. The summed E-state index contributed by atoms with van der Waals surface area (Å²) >= 11 is 0. The van der Waals surface area contributed by atoms with E-state index in [-0.39, 0.29) is 11.9 Å². The molecule has 7 nitrogen and oxygen atoms in total. The molecule has 1 atom stereocenters. The van der Waals surface area contributed by atoms with Crippen molar-refractivity contribution in [3.05, 3.63) is 77.6 Å². The first kappa shape index (κ1) is 20.5. The van der Waals surface area contributed by atoms with Crippen LogP contribution >= 0.6 is 0 Å². The second-order valence-corrected chi connectivity index (χ2v) is 7.33. The molecule has 0 spiro atoms. The van der Waals surface area contributed by atoms with Crippen LogP contribution in [0.4, 0.5) is 10.2 Å². The standard InChI is InChI=1S/C23H23FN6O/c1-14-11-21(26-16(3)17-5-7-18(24)8-6-17)28-29-22(14)19-9-10-20(23(27-19)31-4)30-12-15(2)25-13-30/h5-13,16H,1-4H3,(H,26,28). The van der Waals surface area contributed by atoms with Crippen molar-refractivity contribution in [3.8, 4) is 23.0 Å². The Morgan fingerprint density at radius 3 is 2.48 bits per heavy atom. The maximum absolute atomic E-state index is 13.2. The van der Waals surface area contributed by atoms with E-state index < -0.39 is 0 Å². The highest BCUT2D eigenvalue weighted by atomic mass is 19.1. The minimum absolute atomic E-state index is 0.0451. The summed E-state index contributed by atoms with van der Waals surface area (Å²) in [6.07, 6.45) is 3.63. The molecule has 8 heteroatoms. The Bertz CT molecular complexity index is 1210. The van der Waals surface area contributed by atoms with Gasteiger partial charge in [-0.1, -0.05) is 12.1 Å². The highest BCUT2D eigenvalue weighted by Gasteiger charge is 2.14. The third-order valence-electron chi connectivity index (χ3n) is 4.98. The first-order valence-corrected chi connectivity index (χ1v) is 9.87. The molecule has 0 saturated carbocycles. The van der Waals surface area contributed by atoms with Gasteiger partial charge in [-0.15, -0.1) is 10.2 Å². The lowest BCUT2D eigenvalue weighted by atomic mass is 10.1. The van der Waals surface area contributed by atoms with E-state index in [1.165, 1.54) is 12.1 Å². The van der Waals surface area contributed by atoms with Gasteiger partial charge in [-0.05, 0) is 62.2 Å². The lowest BCUT2D eigenvalue weighted by molar-refractivity contribution is 0.396. The van der Waals surface area contributed by atoms with E-state index in [2.05, 4.69) is 25.5 Å². The largest absolute Gasteiger partial charge is 0.479 e. The number of hydrogen-bond donors (Lipinski definition) is 1. The zero-order chi connectivity index (χ0) is 22.0. The second kappa shape index (κ2) is 8.51. The third kappa shape index (κ3) is 4.37. The Kier molecular flexibility index (Phi) is 5.62. The van der Waals surface area contributed by atoms with Crippen LogP contribution in [-0.4, -0.2) is 31.8 Å². The lowest BCUT2D eigenvalue weighted by Gasteiger charge is -2.16. The van der Waals surface area contributed by atoms with Crippen LogP contribution in [-0.2, 0) is 0 Å². The highest BCUT2D eigenvalue weighted by Crippen LogP contribution is 2.28. The van der Waals surface area contributed by atoms with Crippen molar-refractivity contribution in [3.63, 3.8) is 0 Å². The molecule has 158 valence electrons. The molecule has 4 rings (SSSR count). The number of imidazole rings is 1. The molecule has 0 fully saturated rings. The van der Waals surface area contributed by atoms with Crippen LogP contribution in [0, 0.1) is 19.7 Å². The quantitative estimate of drug-likeness (QED) is 0.491. The summed E-state index contributed by atoms with van der Waals surface area (Å²) in [6, 6.07) is 12.1. The average molecular weight is 418 g/mol. The molecule has 0 radical (unpaired) electrons. The Hall–Kier alpha value is -3.81. The summed E-state index contributed by atoms with van der Waals surface area (Å²) in [5.41, 5.74) is 4.92. The van der Waals surface area contributed by atoms with E-state index in [0.29, 0.717) is 23.1 Å². The molecule has 3 heterocycles. The number of nitrogens with one attached hydrogen (secondary N) is 1. The molecule has 0 aliphatic heterocycles. The lowest BCUT2D eigenvalue weighted by Crippen LogP contribution is -2.09. The Balaban J connectivity index is 1.58. The first-order valence-electron chi connectivity index (χ1n) is 9.87. The number of nitrogens with zero attached hydrogens (tertiary/aromatic N) is 5. The maximum atomic E-state index is 13.2. The minimum Gasteiger partial charge on any atom is -0.479 e. The smallest absolute Gasteiger partial charge is 0.238 e. The van der Waals surface area contributed by atoms with Gasteiger partial charge in [0.15, 0.2) is 0 Å². The van der Waals surface area contributed by atoms with Crippen molar-refractivity contribution >= 4 is 5.82 Å². The van der Waals surface area contributed by atoms with Crippen LogP contribution in [0.1, 0.15) is 29.8 Å². The van der Waals surface area contributed by atoms with E-state index in [1.807, 2.05) is 49.7 Å². The highest BCUT2D eigenvalue weighted by molar-refractivity contribution is 5.63. The molecule has 1 N–H and O–H groups in total. The molecule has 0 aliphatic rings. The van der Waals surface area contributed by atoms with E-state index in [1.54, 1.807) is 25.6 Å². The molecule has 0 amide bonds. The van der Waals surface area contributed by atoms with Gasteiger partial charge in [0.1, 0.15) is 23.0 Å². The number of hydrogen-bond acceptors (Lipinski definition) is 6. The molecule has 0 bridgehead atoms. The first-order chi connectivity index (χ1) is 14.9. The van der Waals surface area contributed by atoms with E-state index in [9.17, 15) is 4.39 Å². The SMILES string of the molecule is COc1nc(-c2nnc(NC(C)c3ccc(F)cc3)cc2C)ccc1-n1cnc(C)c1. The number of aromatic nitrogens is 5. The fourth-order valence-electron chi connectivity index (χ4n) is 3.33. The van der Waals surface area contributed by atoms with Gasteiger partial charge in [0, 0.05) is 6.20 Å². The topological polar surface area (TPSA) is 77.8 Å². The molecule has 0 saturated heterocycles. The number of ether oxygens (including phenoxy) is 1. The van der Waals surface area contributed by atoms with Gasteiger partial charge in [-0.25, -0.2) is 14.4 Å². The van der Waals surface area contributed by atoms with Crippen molar-refractivity contribution < 1.29 is 9.13 Å². The number of halogens is 1. The van der Waals surface area contributed by atoms with Gasteiger partial charge in [0.25, 0.3) is 0 Å². The van der Waals surface area contributed by atoms with Crippen molar-refractivity contribution in [2.45, 2.75) is 26.8 Å². The van der Waals surface area contributed by atoms with Gasteiger partial charge in [0.2, 0.25) is 5.88 Å². The molecule has 1 aromatic carbocycles. The zero-order valence-corrected chi connectivity index (χ0v) is 17.8. The van der Waals surface area contributed by atoms with E-state index in [0.717, 1.165) is 22.5 Å². The molecule has 3 aromatic heterocycles. The summed E-state index contributed by atoms with van der Waals surface area (Å²) in [4.78, 5) is 8.88. The van der Waals surface area contributed by atoms with Gasteiger partial charge >= 0.3 is 0 Å². The van der Waals surface area contributed by atoms with Crippen LogP contribution in [0.5, 0.6) is 5.88 Å². The number of rotatable bonds is 6. The molecule has 1 unspecified atom stereocenters.